The molecule has 0 spiro atoms. The molecule has 5 N–H and O–H groups in total. The van der Waals surface area contributed by atoms with Crippen molar-refractivity contribution in [1.82, 2.24) is 9.97 Å². The van der Waals surface area contributed by atoms with Gasteiger partial charge in [0.1, 0.15) is 5.82 Å². The molecule has 0 bridgehead atoms. The van der Waals surface area contributed by atoms with Crippen molar-refractivity contribution in [3.63, 3.8) is 0 Å². The van der Waals surface area contributed by atoms with Gasteiger partial charge in [0.15, 0.2) is 0 Å². The topological polar surface area (TPSA) is 121 Å². The molecule has 226 valence electrons. The molecule has 1 saturated carbocycles. The van der Waals surface area contributed by atoms with Crippen LogP contribution in [-0.4, -0.2) is 27.5 Å². The largest absolute Gasteiger partial charge is 0.481 e. The summed E-state index contributed by atoms with van der Waals surface area (Å²) in [6.07, 6.45) is 1.20. The van der Waals surface area contributed by atoms with Crippen LogP contribution in [0.5, 0.6) is 0 Å². The number of hydrogen-bond acceptors (Lipinski definition) is 5. The van der Waals surface area contributed by atoms with Crippen LogP contribution in [0.15, 0.2) is 67.0 Å². The van der Waals surface area contributed by atoms with Crippen molar-refractivity contribution < 1.29 is 49.6 Å². The van der Waals surface area contributed by atoms with Crippen molar-refractivity contribution in [1.29, 1.82) is 0 Å². The van der Waals surface area contributed by atoms with Gasteiger partial charge in [-0.2, -0.15) is 13.2 Å². The minimum absolute atomic E-state index is 0. The van der Waals surface area contributed by atoms with Crippen LogP contribution in [0.3, 0.4) is 0 Å². The first kappa shape index (κ1) is 36.7. The summed E-state index contributed by atoms with van der Waals surface area (Å²) in [6.45, 7) is 0. The molecule has 1 aromatic heterocycles. The van der Waals surface area contributed by atoms with Gasteiger partial charge in [0.25, 0.3) is 0 Å². The Hall–Kier alpha value is -3.37. The number of nitrogens with one attached hydrogen (secondary N) is 2. The van der Waals surface area contributed by atoms with E-state index >= 15 is 0 Å². The number of carbonyl (C=O) groups is 2. The van der Waals surface area contributed by atoms with E-state index in [1.165, 1.54) is 0 Å². The summed E-state index contributed by atoms with van der Waals surface area (Å²) >= 11 is 3.03. The Labute approximate surface area is 257 Å². The van der Waals surface area contributed by atoms with Crippen molar-refractivity contribution >= 4 is 41.9 Å². The predicted molar refractivity (Wildman–Crippen MR) is 155 cm³/mol. The monoisotopic (exact) mass is 643 g/mol. The third-order valence-electron chi connectivity index (χ3n) is 6.69. The minimum Gasteiger partial charge on any atom is -0.481 e. The van der Waals surface area contributed by atoms with E-state index in [0.717, 1.165) is 59.5 Å². The molecule has 1 amide bonds. The van der Waals surface area contributed by atoms with E-state index in [1.54, 1.807) is 6.33 Å². The van der Waals surface area contributed by atoms with Gasteiger partial charge in [0, 0.05) is 17.4 Å². The van der Waals surface area contributed by atoms with Gasteiger partial charge in [-0.25, -0.2) is 9.37 Å². The van der Waals surface area contributed by atoms with Crippen LogP contribution >= 0.6 is 12.8 Å². The van der Waals surface area contributed by atoms with Gasteiger partial charge in [-0.3, -0.25) is 14.7 Å². The molecule has 3 aromatic carbocycles. The number of anilines is 1. The fourth-order valence-electron chi connectivity index (χ4n) is 4.74. The van der Waals surface area contributed by atoms with Crippen LogP contribution < -0.4 is 10.5 Å². The number of rotatable bonds is 5. The van der Waals surface area contributed by atoms with Crippen LogP contribution in [0.4, 0.5) is 23.2 Å². The zero-order valence-electron chi connectivity index (χ0n) is 22.6. The number of aromatic amines is 1. The number of carboxylic acids is 1. The van der Waals surface area contributed by atoms with E-state index in [4.69, 9.17) is 0 Å². The summed E-state index contributed by atoms with van der Waals surface area (Å²) in [5.41, 5.74) is 4.03. The third kappa shape index (κ3) is 9.32. The number of aliphatic carboxylic acids is 1. The standard InChI is InChI=1S/C20H20N2O2.C8H5F4NO.CH3.Cr.H3NS/c23-20(24)17-4-2-1-3-16(17)14-7-5-13(6-8-14)15-9-10-18-19(11-15)22-12-21-18;9-6-3-5(8(10,11)12)1-2-7(6)13-4-14;;;1-2/h5-12,16-17H,1-4H2,(H,21,22)(H,23,24);1-4H,(H,13,14);1H3;;2H,1H2/q;;-1;;/t16-,17?;;;;/m0..../s1. The summed E-state index contributed by atoms with van der Waals surface area (Å²) in [6, 6.07) is 16.4. The maximum absolute atomic E-state index is 12.8. The number of carbonyl (C=O) groups excluding carboxylic acids is 1. The number of aromatic nitrogens is 2. The number of imidazole rings is 1. The van der Waals surface area contributed by atoms with E-state index in [-0.39, 0.29) is 48.7 Å². The van der Waals surface area contributed by atoms with E-state index < -0.39 is 23.5 Å². The molecule has 42 heavy (non-hydrogen) atoms. The maximum atomic E-state index is 12.8. The Balaban J connectivity index is 0.000000425. The van der Waals surface area contributed by atoms with Crippen LogP contribution in [-0.2, 0) is 33.1 Å². The molecule has 1 unspecified atom stereocenters. The number of fused-ring (bicyclic) bond motifs is 1. The van der Waals surface area contributed by atoms with Crippen molar-refractivity contribution in [2.75, 3.05) is 5.32 Å². The molecule has 5 rings (SSSR count). The number of H-pyrrole nitrogens is 1. The smallest absolute Gasteiger partial charge is 0.416 e. The molecule has 4 aromatic rings. The fraction of sp³-hybridized carbons (Fsp3) is 0.241. The average Bonchev–Trinajstić information content (AvgIpc) is 3.43. The summed E-state index contributed by atoms with van der Waals surface area (Å²) in [5.74, 6) is -1.88. The number of amides is 1. The van der Waals surface area contributed by atoms with Gasteiger partial charge in [0.05, 0.1) is 34.5 Å². The fourth-order valence-corrected chi connectivity index (χ4v) is 4.74. The zero-order valence-corrected chi connectivity index (χ0v) is 24.7. The predicted octanol–water partition coefficient (Wildman–Crippen LogP) is 7.24. The number of nitrogens with zero attached hydrogens (tertiary/aromatic N) is 1. The van der Waals surface area contributed by atoms with E-state index in [1.807, 2.05) is 11.4 Å². The summed E-state index contributed by atoms with van der Waals surface area (Å²) in [5, 5.41) is 15.6. The van der Waals surface area contributed by atoms with Crippen LogP contribution in [0.1, 0.15) is 42.7 Å². The quantitative estimate of drug-likeness (QED) is 0.0680. The molecule has 0 radical (unpaired) electrons. The second-order valence-corrected chi connectivity index (χ2v) is 9.05. The Morgan fingerprint density at radius 1 is 1.02 bits per heavy atom. The van der Waals surface area contributed by atoms with Gasteiger partial charge in [-0.05, 0) is 65.8 Å². The Morgan fingerprint density at radius 3 is 2.26 bits per heavy atom. The number of nitrogens with two attached hydrogens (primary N) is 1. The number of thiol groups is 1. The molecule has 2 atom stereocenters. The van der Waals surface area contributed by atoms with Crippen molar-refractivity contribution in [3.05, 3.63) is 91.4 Å². The minimum atomic E-state index is -4.58. The number of benzene rings is 3. The molecular formula is C29H31CrF4N4O3S-. The first-order valence-electron chi connectivity index (χ1n) is 12.3. The second kappa shape index (κ2) is 16.9. The molecule has 7 nitrogen and oxygen atoms in total. The molecule has 1 fully saturated rings. The summed E-state index contributed by atoms with van der Waals surface area (Å²) in [7, 11) is 0. The normalized spacial score (nSPS) is 15.9. The number of carboxylic acid groups (broad SMARTS) is 1. The SMILES string of the molecule is NS.O=C(O)C1CCCC[C@H]1c1ccc(-c2ccc3nc[nH]c3c2)cc1.O=CNc1ccc(C(F)(F)F)cc1F.[CH3-].[Cr]. The first-order valence-corrected chi connectivity index (χ1v) is 12.8. The van der Waals surface area contributed by atoms with Gasteiger partial charge in [-0.1, -0.05) is 43.2 Å². The number of halogens is 4. The van der Waals surface area contributed by atoms with Crippen LogP contribution in [0.2, 0.25) is 0 Å². The van der Waals surface area contributed by atoms with Crippen molar-refractivity contribution in [2.24, 2.45) is 11.1 Å². The molecule has 1 aliphatic rings. The molecule has 1 heterocycles. The number of alkyl halides is 3. The molecule has 0 saturated heterocycles. The second-order valence-electron chi connectivity index (χ2n) is 9.05. The Morgan fingerprint density at radius 2 is 1.67 bits per heavy atom. The van der Waals surface area contributed by atoms with Crippen molar-refractivity contribution in [2.45, 2.75) is 37.8 Å². The molecule has 13 heteroatoms. The molecule has 0 aliphatic heterocycles. The Kier molecular flexibility index (Phi) is 14.8. The number of hydrogen-bond donors (Lipinski definition) is 5. The Bertz CT molecular complexity index is 1430. The van der Waals surface area contributed by atoms with E-state index in [9.17, 15) is 32.3 Å². The summed E-state index contributed by atoms with van der Waals surface area (Å²) in [4.78, 5) is 28.8. The zero-order chi connectivity index (χ0) is 29.3. The maximum Gasteiger partial charge on any atom is 0.416 e. The first-order chi connectivity index (χ1) is 19.2. The molecular weight excluding hydrogens is 612 g/mol. The van der Waals surface area contributed by atoms with Gasteiger partial charge < -0.3 is 22.8 Å². The average molecular weight is 644 g/mol. The van der Waals surface area contributed by atoms with Crippen LogP contribution in [0.25, 0.3) is 22.2 Å². The van der Waals surface area contributed by atoms with Gasteiger partial charge in [0.2, 0.25) is 6.41 Å². The van der Waals surface area contributed by atoms with E-state index in [2.05, 4.69) is 64.3 Å². The van der Waals surface area contributed by atoms with Crippen LogP contribution in [0, 0.1) is 19.2 Å². The van der Waals surface area contributed by atoms with Gasteiger partial charge >= 0.3 is 12.1 Å². The van der Waals surface area contributed by atoms with E-state index in [0.29, 0.717) is 12.1 Å². The third-order valence-corrected chi connectivity index (χ3v) is 6.69. The van der Waals surface area contributed by atoms with Crippen molar-refractivity contribution in [3.8, 4) is 11.1 Å². The summed E-state index contributed by atoms with van der Waals surface area (Å²) < 4.78 is 48.9. The van der Waals surface area contributed by atoms with Gasteiger partial charge in [-0.15, -0.1) is 12.8 Å². The molecule has 1 aliphatic carbocycles.